The number of thioether (sulfide) groups is 4. The Bertz CT molecular complexity index is 2700. The normalized spacial score (nSPS) is 16.4. The predicted molar refractivity (Wildman–Crippen MR) is 293 cm³/mol. The molecule has 8 aromatic carbocycles. The quantitative estimate of drug-likeness (QED) is 0.0548. The van der Waals surface area contributed by atoms with Gasteiger partial charge in [-0.1, -0.05) is 100 Å². The fourth-order valence-electron chi connectivity index (χ4n) is 9.61. The number of phenols is 8. The van der Waals surface area contributed by atoms with E-state index in [1.165, 1.54) is 47.0 Å². The second-order valence-electron chi connectivity index (χ2n) is 18.2. The van der Waals surface area contributed by atoms with E-state index < -0.39 is 23.7 Å². The van der Waals surface area contributed by atoms with Crippen LogP contribution >= 0.6 is 47.0 Å². The van der Waals surface area contributed by atoms with E-state index in [-0.39, 0.29) is 91.3 Å². The molecule has 0 spiro atoms. The summed E-state index contributed by atoms with van der Waals surface area (Å²) in [6, 6.07) is 45.5. The first-order valence-corrected chi connectivity index (χ1v) is 27.7. The summed E-state index contributed by atoms with van der Waals surface area (Å²) in [5.74, 6) is -3.58. The fraction of sp³-hybridized carbons (Fsp3) is 0.200. The molecule has 0 radical (unpaired) electrons. The Balaban J connectivity index is 1.32. The minimum absolute atomic E-state index is 0.159. The Morgan fingerprint density at radius 2 is 0.417 bits per heavy atom. The van der Waals surface area contributed by atoms with Gasteiger partial charge in [0.25, 0.3) is 0 Å². The number of aromatic hydroxyl groups is 8. The summed E-state index contributed by atoms with van der Waals surface area (Å²) in [6.07, 6.45) is 0. The Hall–Kier alpha value is -6.44. The highest BCUT2D eigenvalue weighted by Crippen LogP contribution is 2.55. The zero-order valence-electron chi connectivity index (χ0n) is 40.2. The van der Waals surface area contributed by atoms with Crippen molar-refractivity contribution in [2.24, 2.45) is 0 Å². The molecule has 0 aromatic heterocycles. The molecule has 0 unspecified atom stereocenters. The maximum absolute atomic E-state index is 12.5. The summed E-state index contributed by atoms with van der Waals surface area (Å²) in [5, 5.41) is 99.6. The summed E-state index contributed by atoms with van der Waals surface area (Å²) in [7, 11) is 0. The van der Waals surface area contributed by atoms with Crippen molar-refractivity contribution in [1.82, 2.24) is 0 Å². The van der Waals surface area contributed by atoms with E-state index >= 15 is 0 Å². The van der Waals surface area contributed by atoms with Gasteiger partial charge in [-0.25, -0.2) is 0 Å². The minimum atomic E-state index is -0.749. The summed E-state index contributed by atoms with van der Waals surface area (Å²) >= 11 is 5.76. The fourth-order valence-corrected chi connectivity index (χ4v) is 13.3. The van der Waals surface area contributed by atoms with Crippen LogP contribution < -0.4 is 0 Å². The molecule has 12 heteroatoms. The smallest absolute Gasteiger partial charge is 0.127 e. The molecule has 0 saturated carbocycles. The van der Waals surface area contributed by atoms with Gasteiger partial charge < -0.3 is 40.9 Å². The lowest BCUT2D eigenvalue weighted by molar-refractivity contribution is 0.421. The number of hydrogen-bond donors (Lipinski definition) is 8. The van der Waals surface area contributed by atoms with Gasteiger partial charge >= 0.3 is 0 Å². The lowest BCUT2D eigenvalue weighted by Gasteiger charge is -2.29. The summed E-state index contributed by atoms with van der Waals surface area (Å²) in [4.78, 5) is 3.67. The highest BCUT2D eigenvalue weighted by atomic mass is 32.2. The van der Waals surface area contributed by atoms with Crippen molar-refractivity contribution < 1.29 is 40.9 Å². The molecule has 0 amide bonds. The van der Waals surface area contributed by atoms with Crippen molar-refractivity contribution in [2.45, 2.75) is 94.0 Å². The summed E-state index contributed by atoms with van der Waals surface area (Å²) in [5.41, 5.74) is 4.23. The van der Waals surface area contributed by atoms with E-state index in [1.54, 1.807) is 24.3 Å². The van der Waals surface area contributed by atoms with Gasteiger partial charge in [0, 0.05) is 133 Å². The van der Waals surface area contributed by atoms with Crippen LogP contribution in [0.1, 0.15) is 118 Å². The first-order valence-electron chi connectivity index (χ1n) is 23.7. The van der Waals surface area contributed by atoms with Gasteiger partial charge in [0.2, 0.25) is 0 Å². The molecule has 8 nitrogen and oxygen atoms in total. The molecule has 368 valence electrons. The molecule has 9 rings (SSSR count). The lowest BCUT2D eigenvalue weighted by Crippen LogP contribution is -2.10. The van der Waals surface area contributed by atoms with Crippen molar-refractivity contribution in [2.75, 3.05) is 0 Å². The molecule has 0 saturated heterocycles. The zero-order valence-corrected chi connectivity index (χ0v) is 43.5. The van der Waals surface area contributed by atoms with Crippen molar-refractivity contribution in [3.63, 3.8) is 0 Å². The maximum Gasteiger partial charge on any atom is 0.127 e. The van der Waals surface area contributed by atoms with Crippen LogP contribution in [-0.2, 0) is 23.0 Å². The first-order chi connectivity index (χ1) is 34.7. The molecular formula is C60H56O8S4. The zero-order chi connectivity index (χ0) is 50.8. The van der Waals surface area contributed by atoms with Crippen LogP contribution in [0, 0.1) is 0 Å². The van der Waals surface area contributed by atoms with E-state index in [9.17, 15) is 40.9 Å². The number of benzene rings is 8. The Morgan fingerprint density at radius 1 is 0.264 bits per heavy atom. The monoisotopic (exact) mass is 1030 g/mol. The minimum Gasteiger partial charge on any atom is -0.507 e. The lowest BCUT2D eigenvalue weighted by atomic mass is 9.78. The van der Waals surface area contributed by atoms with Crippen molar-refractivity contribution in [1.29, 1.82) is 0 Å². The highest BCUT2D eigenvalue weighted by molar-refractivity contribution is 7.99. The van der Waals surface area contributed by atoms with Crippen molar-refractivity contribution in [3.8, 4) is 46.0 Å². The number of hydrogen-bond acceptors (Lipinski definition) is 12. The molecule has 8 bridgehead atoms. The average molecular weight is 1030 g/mol. The third kappa shape index (κ3) is 10.0. The van der Waals surface area contributed by atoms with Crippen LogP contribution in [0.25, 0.3) is 0 Å². The number of fused-ring (bicyclic) bond motifs is 8. The standard InChI is InChI=1S/C60H56O8S4/c1-33-41-25-43(55(63)49(53(41)61)29-69-37-17-9-5-10-18-37)34(2)45-27-47(59(67)51(57(45)65)31-71-39-21-13-7-14-22-39)36(4)48-28-46(58(66)52(60(48)68)32-72-40-23-15-8-16-24-40)35(3)44-26-42(33)54(62)50(56(44)64)30-70-38-19-11-6-12-20-38/h5-28,33-36,61-68H,29-32H2,1-4H3. The van der Waals surface area contributed by atoms with Crippen LogP contribution in [0.5, 0.6) is 46.0 Å². The van der Waals surface area contributed by atoms with Gasteiger partial charge in [-0.15, -0.1) is 47.0 Å². The Kier molecular flexibility index (Phi) is 15.2. The van der Waals surface area contributed by atoms with E-state index in [2.05, 4.69) is 0 Å². The molecule has 0 aliphatic heterocycles. The molecule has 8 N–H and O–H groups in total. The third-order valence-electron chi connectivity index (χ3n) is 14.0. The average Bonchev–Trinajstić information content (AvgIpc) is 3.39. The van der Waals surface area contributed by atoms with Crippen LogP contribution in [0.2, 0.25) is 0 Å². The van der Waals surface area contributed by atoms with E-state index in [1.807, 2.05) is 149 Å². The van der Waals surface area contributed by atoms with E-state index in [0.29, 0.717) is 44.5 Å². The molecule has 8 aromatic rings. The summed E-state index contributed by atoms with van der Waals surface area (Å²) < 4.78 is 0. The molecule has 72 heavy (non-hydrogen) atoms. The Morgan fingerprint density at radius 3 is 0.569 bits per heavy atom. The highest BCUT2D eigenvalue weighted by Gasteiger charge is 2.34. The molecule has 1 aliphatic carbocycles. The molecule has 0 atom stereocenters. The summed E-state index contributed by atoms with van der Waals surface area (Å²) in [6.45, 7) is 7.44. The topological polar surface area (TPSA) is 162 Å². The third-order valence-corrected chi connectivity index (χ3v) is 18.1. The molecular weight excluding hydrogens is 977 g/mol. The van der Waals surface area contributed by atoms with Gasteiger partial charge in [-0.3, -0.25) is 0 Å². The number of phenolic OH excluding ortho intramolecular Hbond substituents is 8. The van der Waals surface area contributed by atoms with Gasteiger partial charge in [0.1, 0.15) is 46.0 Å². The van der Waals surface area contributed by atoms with Gasteiger partial charge in [-0.2, -0.15) is 0 Å². The Labute approximate surface area is 437 Å². The van der Waals surface area contributed by atoms with Crippen LogP contribution in [-0.4, -0.2) is 40.9 Å². The van der Waals surface area contributed by atoms with Crippen LogP contribution in [0.4, 0.5) is 0 Å². The predicted octanol–water partition coefficient (Wildman–Crippen LogP) is 15.4. The van der Waals surface area contributed by atoms with E-state index in [4.69, 9.17) is 0 Å². The first kappa shape index (κ1) is 50.5. The van der Waals surface area contributed by atoms with Gasteiger partial charge in [0.05, 0.1) is 0 Å². The maximum atomic E-state index is 12.5. The van der Waals surface area contributed by atoms with Gasteiger partial charge in [-0.05, 0) is 72.8 Å². The van der Waals surface area contributed by atoms with Crippen molar-refractivity contribution >= 4 is 47.0 Å². The van der Waals surface area contributed by atoms with E-state index in [0.717, 1.165) is 19.6 Å². The molecule has 0 fully saturated rings. The second kappa shape index (κ2) is 21.7. The van der Waals surface area contributed by atoms with Crippen LogP contribution in [0.15, 0.2) is 165 Å². The molecule has 0 heterocycles. The van der Waals surface area contributed by atoms with Crippen molar-refractivity contribution in [3.05, 3.63) is 212 Å². The largest absolute Gasteiger partial charge is 0.507 e. The number of rotatable bonds is 12. The van der Waals surface area contributed by atoms with Crippen LogP contribution in [0.3, 0.4) is 0 Å². The second-order valence-corrected chi connectivity index (χ2v) is 22.4. The SMILES string of the molecule is CC1c2cc(c(O)c(CSc3ccccc3)c2O)C(C)c2cc(c(O)c(CSc3ccccc3)c2O)C(C)c2cc(c(O)c(CSc3ccccc3)c2O)C(C)c2cc1c(O)c(CSc1ccccc1)c2O. The van der Waals surface area contributed by atoms with Gasteiger partial charge in [0.15, 0.2) is 0 Å². The molecule has 1 aliphatic rings.